The van der Waals surface area contributed by atoms with Crippen LogP contribution in [-0.2, 0) is 25.6 Å². The van der Waals surface area contributed by atoms with E-state index in [-0.39, 0.29) is 30.1 Å². The van der Waals surface area contributed by atoms with E-state index < -0.39 is 92.6 Å². The van der Waals surface area contributed by atoms with Gasteiger partial charge in [-0.05, 0) is 50.5 Å². The van der Waals surface area contributed by atoms with Crippen LogP contribution in [-0.4, -0.2) is 88.0 Å². The number of likely N-dealkylation sites (N-methyl/N-ethyl adjacent to an activating group) is 1. The second kappa shape index (κ2) is 10.7. The largest absolute Gasteiger partial charge is 0.507 e. The average Bonchev–Trinajstić information content (AvgIpc) is 2.88. The third-order valence-electron chi connectivity index (χ3n) is 8.07. The van der Waals surface area contributed by atoms with Crippen molar-refractivity contribution in [2.45, 2.75) is 43.9 Å². The predicted molar refractivity (Wildman–Crippen MR) is 147 cm³/mol. The number of carbonyl (C=O) groups is 4. The molecule has 0 unspecified atom stereocenters. The first kappa shape index (κ1) is 30.9. The third-order valence-corrected chi connectivity index (χ3v) is 8.07. The van der Waals surface area contributed by atoms with Crippen LogP contribution >= 0.6 is 0 Å². The first-order chi connectivity index (χ1) is 19.5. The third kappa shape index (κ3) is 4.40. The fourth-order valence-corrected chi connectivity index (χ4v) is 6.34. The van der Waals surface area contributed by atoms with Crippen LogP contribution in [0.15, 0.2) is 28.1 Å². The molecule has 1 aromatic carbocycles. The van der Waals surface area contributed by atoms with Gasteiger partial charge in [0.2, 0.25) is 23.1 Å². The highest BCUT2D eigenvalue weighted by atomic mass is 19.1. The molecule has 3 aliphatic carbocycles. The van der Waals surface area contributed by atoms with Crippen molar-refractivity contribution in [3.63, 3.8) is 0 Å². The molecule has 4 rings (SSSR count). The number of aliphatic hydroxyl groups excluding tert-OH is 1. The number of aromatic hydroxyl groups is 1. The number of ketones is 2. The lowest BCUT2D eigenvalue weighted by Crippen LogP contribution is -2.81. The van der Waals surface area contributed by atoms with Crippen molar-refractivity contribution in [3.05, 3.63) is 44.8 Å². The Labute approximate surface area is 239 Å². The highest BCUT2D eigenvalue weighted by Gasteiger charge is 2.72. The molecule has 0 bridgehead atoms. The summed E-state index contributed by atoms with van der Waals surface area (Å²) in [4.78, 5) is 65.3. The van der Waals surface area contributed by atoms with E-state index in [2.05, 4.69) is 15.8 Å². The lowest BCUT2D eigenvalue weighted by atomic mass is 9.53. The number of hydrogen-bond acceptors (Lipinski definition) is 12. The molecule has 0 aliphatic heterocycles. The molecule has 15 heteroatoms. The number of Topliss-reactive ketones (excluding diaryl/α,β-unsaturated/α-hetero) is 2. The van der Waals surface area contributed by atoms with Crippen LogP contribution in [0.5, 0.6) is 5.75 Å². The van der Waals surface area contributed by atoms with Crippen LogP contribution < -0.4 is 22.1 Å². The van der Waals surface area contributed by atoms with Crippen LogP contribution in [0.2, 0.25) is 0 Å². The number of benzene rings is 1. The molecule has 1 aromatic rings. The highest BCUT2D eigenvalue weighted by molar-refractivity contribution is 6.34. The summed E-state index contributed by atoms with van der Waals surface area (Å²) in [6, 6.07) is -0.593. The van der Waals surface area contributed by atoms with Gasteiger partial charge in [-0.25, -0.2) is 4.39 Å². The van der Waals surface area contributed by atoms with E-state index in [9.17, 15) is 39.4 Å². The number of nitrogens with two attached hydrogens (primary N) is 2. The number of phenols is 1. The molecule has 3 aliphatic rings. The van der Waals surface area contributed by atoms with Gasteiger partial charge in [0.15, 0.2) is 5.75 Å². The van der Waals surface area contributed by atoms with Crippen LogP contribution in [0.1, 0.15) is 31.4 Å². The highest BCUT2D eigenvalue weighted by Crippen LogP contribution is 2.54. The smallest absolute Gasteiger partial charge is 0.254 e. The SMILES string of the molecule is CC(C)CNCC(=O)Nc1cc(F)c2c(c1O)C(O)=C1C(=O)[C@]3(O)C(=O)C(C(N)=O)=C(N=O)[C@@H](N(C)C)[C@]3(N)C[C@@H]1C2. The fourth-order valence-electron chi connectivity index (χ4n) is 6.34. The van der Waals surface area contributed by atoms with Crippen molar-refractivity contribution in [2.75, 3.05) is 32.5 Å². The number of rotatable bonds is 8. The summed E-state index contributed by atoms with van der Waals surface area (Å²) in [5.41, 5.74) is 3.16. The van der Waals surface area contributed by atoms with Gasteiger partial charge >= 0.3 is 0 Å². The maximum Gasteiger partial charge on any atom is 0.254 e. The molecule has 1 saturated carbocycles. The molecular formula is C27H33FN6O8. The number of aliphatic hydroxyl groups is 2. The number of anilines is 1. The van der Waals surface area contributed by atoms with Crippen LogP contribution in [0.3, 0.4) is 0 Å². The number of halogens is 1. The molecule has 2 amide bonds. The van der Waals surface area contributed by atoms with Gasteiger partial charge in [0.1, 0.15) is 22.8 Å². The first-order valence-electron chi connectivity index (χ1n) is 13.2. The van der Waals surface area contributed by atoms with Crippen molar-refractivity contribution in [1.29, 1.82) is 0 Å². The molecule has 0 heterocycles. The van der Waals surface area contributed by atoms with E-state index in [0.29, 0.717) is 6.54 Å². The Kier molecular flexibility index (Phi) is 7.84. The van der Waals surface area contributed by atoms with Crippen LogP contribution in [0.25, 0.3) is 5.76 Å². The number of nitroso groups, excluding NO2 is 1. The maximum atomic E-state index is 15.4. The Bertz CT molecular complexity index is 1490. The van der Waals surface area contributed by atoms with Crippen LogP contribution in [0, 0.1) is 22.6 Å². The summed E-state index contributed by atoms with van der Waals surface area (Å²) in [5.74, 6) is -8.47. The number of phenolic OH excluding ortho intramolecular Hbond substituents is 1. The molecule has 226 valence electrons. The Morgan fingerprint density at radius 2 is 1.88 bits per heavy atom. The maximum absolute atomic E-state index is 15.4. The molecule has 1 fully saturated rings. The molecule has 0 saturated heterocycles. The number of nitrogens with zero attached hydrogens (tertiary/aromatic N) is 2. The van der Waals surface area contributed by atoms with Gasteiger partial charge in [-0.1, -0.05) is 13.8 Å². The molecular weight excluding hydrogens is 555 g/mol. The van der Waals surface area contributed by atoms with Crippen molar-refractivity contribution < 1.29 is 38.9 Å². The number of hydrogen-bond donors (Lipinski definition) is 7. The lowest BCUT2D eigenvalue weighted by molar-refractivity contribution is -0.164. The summed E-state index contributed by atoms with van der Waals surface area (Å²) >= 11 is 0. The van der Waals surface area contributed by atoms with Gasteiger partial charge < -0.3 is 37.4 Å². The van der Waals surface area contributed by atoms with E-state index in [1.165, 1.54) is 19.0 Å². The topological polar surface area (TPSA) is 238 Å². The lowest BCUT2D eigenvalue weighted by Gasteiger charge is -2.56. The number of fused-ring (bicyclic) bond motifs is 3. The standard InChI is InChI=1S/C27H33FN6O8/c1-10(2)8-31-9-15(35)32-14-6-13(28)12-5-11-7-26(30)22(34(3)4)19(33-42)18(25(29)40)24(39)27(26,41)23(38)16(11)21(37)17(12)20(14)36/h6,10-11,22,31,36-37,41H,5,7-9,30H2,1-4H3,(H2,29,40)(H,32,35)/t11-,22+,26+,27-/m0/s1. The zero-order valence-corrected chi connectivity index (χ0v) is 23.4. The van der Waals surface area contributed by atoms with Crippen molar-refractivity contribution in [3.8, 4) is 5.75 Å². The number of nitrogens with one attached hydrogen (secondary N) is 2. The summed E-state index contributed by atoms with van der Waals surface area (Å²) in [6.07, 6.45) is -0.766. The van der Waals surface area contributed by atoms with E-state index in [1.54, 1.807) is 0 Å². The van der Waals surface area contributed by atoms with E-state index in [4.69, 9.17) is 11.5 Å². The van der Waals surface area contributed by atoms with Crippen molar-refractivity contribution in [1.82, 2.24) is 10.2 Å². The average molecular weight is 589 g/mol. The zero-order valence-electron chi connectivity index (χ0n) is 23.4. The minimum absolute atomic E-state index is 0.155. The van der Waals surface area contributed by atoms with Gasteiger partial charge in [0.05, 0.1) is 29.4 Å². The Morgan fingerprint density at radius 3 is 2.43 bits per heavy atom. The summed E-state index contributed by atoms with van der Waals surface area (Å²) in [6.45, 7) is 4.23. The monoisotopic (exact) mass is 588 g/mol. The van der Waals surface area contributed by atoms with Gasteiger partial charge in [0.25, 0.3) is 5.91 Å². The predicted octanol–water partition coefficient (Wildman–Crippen LogP) is -0.423. The molecule has 42 heavy (non-hydrogen) atoms. The number of amides is 2. The second-order valence-corrected chi connectivity index (χ2v) is 11.5. The van der Waals surface area contributed by atoms with Crippen molar-refractivity contribution >= 4 is 34.8 Å². The van der Waals surface area contributed by atoms with Gasteiger partial charge in [-0.2, -0.15) is 0 Å². The molecule has 14 nitrogen and oxygen atoms in total. The van der Waals surface area contributed by atoms with Gasteiger partial charge in [-0.3, -0.25) is 24.1 Å². The summed E-state index contributed by atoms with van der Waals surface area (Å²) < 4.78 is 15.4. The Balaban J connectivity index is 1.86. The molecule has 4 atom stereocenters. The molecule has 9 N–H and O–H groups in total. The van der Waals surface area contributed by atoms with Crippen molar-refractivity contribution in [2.24, 2.45) is 28.5 Å². The quantitative estimate of drug-likeness (QED) is 0.0890. The van der Waals surface area contributed by atoms with E-state index >= 15 is 4.39 Å². The Hall–Kier alpha value is -4.05. The minimum Gasteiger partial charge on any atom is -0.507 e. The van der Waals surface area contributed by atoms with E-state index in [1.807, 2.05) is 13.8 Å². The molecule has 0 aromatic heterocycles. The normalized spacial score (nSPS) is 27.2. The minimum atomic E-state index is -3.19. The van der Waals surface area contributed by atoms with Gasteiger partial charge in [0, 0.05) is 17.2 Å². The zero-order chi connectivity index (χ0) is 31.5. The van der Waals surface area contributed by atoms with E-state index in [0.717, 1.165) is 6.07 Å². The summed E-state index contributed by atoms with van der Waals surface area (Å²) in [5, 5.41) is 42.1. The number of carbonyl (C=O) groups excluding carboxylic acids is 4. The second-order valence-electron chi connectivity index (χ2n) is 11.5. The Morgan fingerprint density at radius 1 is 1.24 bits per heavy atom. The van der Waals surface area contributed by atoms with Crippen LogP contribution in [0.4, 0.5) is 10.1 Å². The fraction of sp³-hybridized carbons (Fsp3) is 0.481. The van der Waals surface area contributed by atoms with Gasteiger partial charge in [-0.15, -0.1) is 4.91 Å². The first-order valence-corrected chi connectivity index (χ1v) is 13.2. The summed E-state index contributed by atoms with van der Waals surface area (Å²) in [7, 11) is 2.82. The number of primary amides is 1. The molecule has 0 radical (unpaired) electrons. The molecule has 0 spiro atoms.